The molecule has 1 unspecified atom stereocenters. The van der Waals surface area contributed by atoms with E-state index in [1.54, 1.807) is 0 Å². The number of nitrogens with zero attached hydrogens (tertiary/aromatic N) is 1. The summed E-state index contributed by atoms with van der Waals surface area (Å²) in [5, 5.41) is 3.43. The zero-order chi connectivity index (χ0) is 14.6. The van der Waals surface area contributed by atoms with E-state index in [2.05, 4.69) is 76.3 Å². The van der Waals surface area contributed by atoms with Gasteiger partial charge in [0.1, 0.15) is 0 Å². The van der Waals surface area contributed by atoms with Crippen molar-refractivity contribution < 1.29 is 0 Å². The number of hydrogen-bond donors (Lipinski definition) is 1. The first-order valence-electron chi connectivity index (χ1n) is 7.22. The van der Waals surface area contributed by atoms with E-state index in [9.17, 15) is 0 Å². The molecule has 1 atom stereocenters. The molecule has 0 bridgehead atoms. The van der Waals surface area contributed by atoms with E-state index < -0.39 is 0 Å². The molecule has 0 aliphatic rings. The summed E-state index contributed by atoms with van der Waals surface area (Å²) >= 11 is 0. The third-order valence-corrected chi connectivity index (χ3v) is 3.78. The Kier molecular flexibility index (Phi) is 5.57. The van der Waals surface area contributed by atoms with Gasteiger partial charge in [0.15, 0.2) is 0 Å². The Labute approximate surface area is 119 Å². The standard InChI is InChI=1S/C17H30N2/c1-13(2)12-14-8-10-15(11-9-14)16(19(6)7)17(3,4)18-5/h8-11,13,16,18H,12H2,1-7H3. The van der Waals surface area contributed by atoms with Gasteiger partial charge in [-0.3, -0.25) is 0 Å². The fourth-order valence-corrected chi connectivity index (χ4v) is 2.80. The molecular formula is C17H30N2. The molecule has 1 N–H and O–H groups in total. The lowest BCUT2D eigenvalue weighted by atomic mass is 9.87. The molecular weight excluding hydrogens is 232 g/mol. The van der Waals surface area contributed by atoms with Crippen LogP contribution in [0.15, 0.2) is 24.3 Å². The van der Waals surface area contributed by atoms with Crippen LogP contribution in [0, 0.1) is 5.92 Å². The van der Waals surface area contributed by atoms with Crippen molar-refractivity contribution >= 4 is 0 Å². The lowest BCUT2D eigenvalue weighted by Crippen LogP contribution is -2.48. The highest BCUT2D eigenvalue weighted by molar-refractivity contribution is 5.27. The highest BCUT2D eigenvalue weighted by Crippen LogP contribution is 2.30. The highest BCUT2D eigenvalue weighted by atomic mass is 15.2. The van der Waals surface area contributed by atoms with Crippen molar-refractivity contribution in [2.75, 3.05) is 21.1 Å². The summed E-state index contributed by atoms with van der Waals surface area (Å²) < 4.78 is 0. The summed E-state index contributed by atoms with van der Waals surface area (Å²) in [6, 6.07) is 9.48. The molecule has 108 valence electrons. The van der Waals surface area contributed by atoms with E-state index in [-0.39, 0.29) is 5.54 Å². The van der Waals surface area contributed by atoms with Gasteiger partial charge in [-0.2, -0.15) is 0 Å². The van der Waals surface area contributed by atoms with Crippen molar-refractivity contribution in [3.8, 4) is 0 Å². The van der Waals surface area contributed by atoms with E-state index in [0.717, 1.165) is 6.42 Å². The zero-order valence-corrected chi connectivity index (χ0v) is 13.6. The van der Waals surface area contributed by atoms with Crippen molar-refractivity contribution in [1.82, 2.24) is 10.2 Å². The first kappa shape index (κ1) is 16.2. The van der Waals surface area contributed by atoms with E-state index in [4.69, 9.17) is 0 Å². The Bertz CT molecular complexity index is 377. The number of benzene rings is 1. The van der Waals surface area contributed by atoms with Gasteiger partial charge >= 0.3 is 0 Å². The highest BCUT2D eigenvalue weighted by Gasteiger charge is 2.30. The van der Waals surface area contributed by atoms with Gasteiger partial charge in [-0.05, 0) is 58.5 Å². The number of hydrogen-bond acceptors (Lipinski definition) is 2. The molecule has 0 saturated carbocycles. The molecule has 1 aromatic carbocycles. The summed E-state index contributed by atoms with van der Waals surface area (Å²) in [5.74, 6) is 0.712. The van der Waals surface area contributed by atoms with Crippen molar-refractivity contribution in [3.63, 3.8) is 0 Å². The van der Waals surface area contributed by atoms with Gasteiger partial charge in [-0.15, -0.1) is 0 Å². The maximum absolute atomic E-state index is 3.43. The van der Waals surface area contributed by atoms with E-state index in [1.807, 2.05) is 7.05 Å². The van der Waals surface area contributed by atoms with Crippen LogP contribution in [0.5, 0.6) is 0 Å². The van der Waals surface area contributed by atoms with Crippen LogP contribution in [-0.4, -0.2) is 31.6 Å². The van der Waals surface area contributed by atoms with E-state index in [1.165, 1.54) is 11.1 Å². The van der Waals surface area contributed by atoms with Crippen LogP contribution in [0.1, 0.15) is 44.9 Å². The normalized spacial score (nSPS) is 14.2. The van der Waals surface area contributed by atoms with Crippen LogP contribution in [0.25, 0.3) is 0 Å². The molecule has 0 amide bonds. The number of rotatable bonds is 6. The van der Waals surface area contributed by atoms with Crippen LogP contribution in [-0.2, 0) is 6.42 Å². The maximum Gasteiger partial charge on any atom is 0.0519 e. The zero-order valence-electron chi connectivity index (χ0n) is 13.6. The van der Waals surface area contributed by atoms with Crippen LogP contribution in [0.2, 0.25) is 0 Å². The molecule has 0 fully saturated rings. The largest absolute Gasteiger partial charge is 0.313 e. The Morgan fingerprint density at radius 1 is 1.11 bits per heavy atom. The first-order chi connectivity index (χ1) is 8.77. The fourth-order valence-electron chi connectivity index (χ4n) is 2.80. The monoisotopic (exact) mass is 262 g/mol. The quantitative estimate of drug-likeness (QED) is 0.844. The average Bonchev–Trinajstić information content (AvgIpc) is 2.30. The molecule has 1 rings (SSSR count). The topological polar surface area (TPSA) is 15.3 Å². The molecule has 2 heteroatoms. The maximum atomic E-state index is 3.43. The Morgan fingerprint density at radius 3 is 2.00 bits per heavy atom. The molecule has 0 heterocycles. The van der Waals surface area contributed by atoms with Crippen LogP contribution in [0.3, 0.4) is 0 Å². The minimum absolute atomic E-state index is 0.0447. The molecule has 0 aromatic heterocycles. The third kappa shape index (κ3) is 4.32. The van der Waals surface area contributed by atoms with Gasteiger partial charge in [0.2, 0.25) is 0 Å². The molecule has 0 saturated heterocycles. The third-order valence-electron chi connectivity index (χ3n) is 3.78. The van der Waals surface area contributed by atoms with Gasteiger partial charge in [-0.25, -0.2) is 0 Å². The Balaban J connectivity index is 2.99. The van der Waals surface area contributed by atoms with Crippen LogP contribution < -0.4 is 5.32 Å². The molecule has 0 spiro atoms. The summed E-state index contributed by atoms with van der Waals surface area (Å²) in [6.45, 7) is 9.03. The summed E-state index contributed by atoms with van der Waals surface area (Å²) in [6.07, 6.45) is 1.16. The van der Waals surface area contributed by atoms with Crippen molar-refractivity contribution in [2.45, 2.75) is 45.7 Å². The number of likely N-dealkylation sites (N-methyl/N-ethyl adjacent to an activating group) is 2. The van der Waals surface area contributed by atoms with Crippen molar-refractivity contribution in [2.24, 2.45) is 5.92 Å². The van der Waals surface area contributed by atoms with Gasteiger partial charge < -0.3 is 10.2 Å². The predicted octanol–water partition coefficient (Wildman–Crippen LogP) is 3.49. The van der Waals surface area contributed by atoms with Crippen LogP contribution in [0.4, 0.5) is 0 Å². The number of nitrogens with one attached hydrogen (secondary N) is 1. The smallest absolute Gasteiger partial charge is 0.0519 e. The Hall–Kier alpha value is -0.860. The molecule has 19 heavy (non-hydrogen) atoms. The van der Waals surface area contributed by atoms with Gasteiger partial charge in [0.05, 0.1) is 6.04 Å². The van der Waals surface area contributed by atoms with E-state index >= 15 is 0 Å². The second kappa shape index (κ2) is 6.53. The second-order valence-electron chi connectivity index (χ2n) is 6.68. The predicted molar refractivity (Wildman–Crippen MR) is 84.6 cm³/mol. The minimum Gasteiger partial charge on any atom is -0.313 e. The second-order valence-corrected chi connectivity index (χ2v) is 6.68. The molecule has 0 aliphatic heterocycles. The SMILES string of the molecule is CNC(C)(C)C(c1ccc(CC(C)C)cc1)N(C)C. The lowest BCUT2D eigenvalue weighted by Gasteiger charge is -2.39. The molecule has 2 nitrogen and oxygen atoms in total. The van der Waals surface area contributed by atoms with Crippen LogP contribution >= 0.6 is 0 Å². The summed E-state index contributed by atoms with van der Waals surface area (Å²) in [5.41, 5.74) is 2.85. The average molecular weight is 262 g/mol. The molecule has 0 radical (unpaired) electrons. The lowest BCUT2D eigenvalue weighted by molar-refractivity contribution is 0.177. The minimum atomic E-state index is 0.0447. The molecule has 1 aromatic rings. The Morgan fingerprint density at radius 2 is 1.63 bits per heavy atom. The van der Waals surface area contributed by atoms with Crippen molar-refractivity contribution in [3.05, 3.63) is 35.4 Å². The summed E-state index contributed by atoms with van der Waals surface area (Å²) in [7, 11) is 6.32. The fraction of sp³-hybridized carbons (Fsp3) is 0.647. The molecule has 0 aliphatic carbocycles. The van der Waals surface area contributed by atoms with E-state index in [0.29, 0.717) is 12.0 Å². The van der Waals surface area contributed by atoms with Gasteiger partial charge in [0.25, 0.3) is 0 Å². The van der Waals surface area contributed by atoms with Crippen molar-refractivity contribution in [1.29, 1.82) is 0 Å². The van der Waals surface area contributed by atoms with Gasteiger partial charge in [0, 0.05) is 5.54 Å². The van der Waals surface area contributed by atoms with Gasteiger partial charge in [-0.1, -0.05) is 38.1 Å². The first-order valence-corrected chi connectivity index (χ1v) is 7.22. The summed E-state index contributed by atoms with van der Waals surface area (Å²) in [4.78, 5) is 2.29.